The van der Waals surface area contributed by atoms with Crippen molar-refractivity contribution < 1.29 is 48.0 Å². The minimum Gasteiger partial charge on any atom is -0.455 e. The third-order valence-corrected chi connectivity index (χ3v) is 24.1. The van der Waals surface area contributed by atoms with Crippen LogP contribution in [-0.4, -0.2) is 98.3 Å². The molecule has 0 unspecified atom stereocenters. The zero-order chi connectivity index (χ0) is 39.4. The van der Waals surface area contributed by atoms with Crippen molar-refractivity contribution in [3.8, 4) is 0 Å². The maximum atomic E-state index is 14.4. The highest BCUT2D eigenvalue weighted by atomic mass is 28.4. The molecule has 1 aromatic carbocycles. The first kappa shape index (κ1) is 42.2. The molecule has 2 bridgehead atoms. The molecule has 1 saturated heterocycles. The highest BCUT2D eigenvalue weighted by Crippen LogP contribution is 2.66. The number of carbonyl (C=O) groups excluding carboxylic acids is 2. The third-order valence-electron chi connectivity index (χ3n) is 14.8. The molecule has 3 aliphatic carbocycles. The van der Waals surface area contributed by atoms with Gasteiger partial charge in [-0.1, -0.05) is 80.5 Å². The van der Waals surface area contributed by atoms with Crippen molar-refractivity contribution in [3.05, 3.63) is 47.0 Å². The van der Waals surface area contributed by atoms with Gasteiger partial charge in [-0.2, -0.15) is 0 Å². The monoisotopic (exact) mass is 774 g/mol. The fourth-order valence-electron chi connectivity index (χ4n) is 10.8. The van der Waals surface area contributed by atoms with Crippen LogP contribution in [-0.2, 0) is 27.9 Å². The third kappa shape index (κ3) is 6.54. The molecule has 0 radical (unpaired) electrons. The number of aliphatic hydroxyl groups is 3. The van der Waals surface area contributed by atoms with E-state index in [0.29, 0.717) is 17.6 Å². The molecular formula is C41H66O10Si2. The molecule has 1 heterocycles. The Hall–Kier alpha value is -1.91. The number of hydrogen-bond donors (Lipinski definition) is 3. The highest BCUT2D eigenvalue weighted by molar-refractivity contribution is 6.74. The minimum absolute atomic E-state index is 0.0278. The second-order valence-electron chi connectivity index (χ2n) is 17.1. The molecule has 3 fully saturated rings. The topological polar surface area (TPSA) is 141 Å². The molecule has 3 N–H and O–H groups in total. The lowest BCUT2D eigenvalue weighted by Crippen LogP contribution is -2.82. The Bertz CT molecular complexity index is 1510. The van der Waals surface area contributed by atoms with Crippen molar-refractivity contribution >= 4 is 28.6 Å². The van der Waals surface area contributed by atoms with E-state index in [4.69, 9.17) is 23.1 Å². The quantitative estimate of drug-likeness (QED) is 0.110. The summed E-state index contributed by atoms with van der Waals surface area (Å²) in [5, 5.41) is 39.5. The van der Waals surface area contributed by atoms with Crippen LogP contribution in [0.4, 0.5) is 0 Å². The van der Waals surface area contributed by atoms with Crippen molar-refractivity contribution in [3.63, 3.8) is 0 Å². The Balaban J connectivity index is 1.86. The van der Waals surface area contributed by atoms with Gasteiger partial charge in [0, 0.05) is 30.6 Å². The van der Waals surface area contributed by atoms with Crippen molar-refractivity contribution in [1.29, 1.82) is 0 Å². The Morgan fingerprint density at radius 3 is 1.92 bits per heavy atom. The van der Waals surface area contributed by atoms with Gasteiger partial charge in [0.1, 0.15) is 23.9 Å². The van der Waals surface area contributed by atoms with Gasteiger partial charge in [-0.15, -0.1) is 0 Å². The number of esters is 2. The second-order valence-corrected chi connectivity index (χ2v) is 26.5. The van der Waals surface area contributed by atoms with Crippen molar-refractivity contribution in [1.82, 2.24) is 0 Å². The van der Waals surface area contributed by atoms with Gasteiger partial charge in [-0.05, 0) is 66.5 Å². The van der Waals surface area contributed by atoms with Crippen LogP contribution in [0.5, 0.6) is 0 Å². The van der Waals surface area contributed by atoms with E-state index in [0.717, 1.165) is 41.8 Å². The SMILES string of the molecule is CC[Si](CC)(CC)O[C@H]1C[C@@]2(O)[C@@H](OC(=O)c3ccccc3)[C@@H]3[C@]4(OC(C)=O)CO[C@@H]4C[C@H](O[Si](CC)(CC)CC)[C@@]3(C)[C@@H](O)[C@@H](O)C(=C1C)C2(C)C. The second kappa shape index (κ2) is 15.2. The molecule has 0 aromatic heterocycles. The normalized spacial score (nSPS) is 36.7. The minimum atomic E-state index is -2.39. The summed E-state index contributed by atoms with van der Waals surface area (Å²) in [6, 6.07) is 13.7. The van der Waals surface area contributed by atoms with Gasteiger partial charge < -0.3 is 38.4 Å². The molecule has 2 saturated carbocycles. The van der Waals surface area contributed by atoms with E-state index in [1.165, 1.54) is 6.92 Å². The van der Waals surface area contributed by atoms with Crippen molar-refractivity contribution in [2.45, 2.75) is 173 Å². The van der Waals surface area contributed by atoms with Crippen LogP contribution in [0, 0.1) is 16.7 Å². The number of carbonyl (C=O) groups is 2. The smallest absolute Gasteiger partial charge is 0.338 e. The largest absolute Gasteiger partial charge is 0.455 e. The van der Waals surface area contributed by atoms with Crippen LogP contribution in [0.2, 0.25) is 36.3 Å². The summed E-state index contributed by atoms with van der Waals surface area (Å²) >= 11 is 0. The molecule has 298 valence electrons. The fraction of sp³-hybridized carbons (Fsp3) is 0.756. The van der Waals surface area contributed by atoms with Crippen molar-refractivity contribution in [2.24, 2.45) is 16.7 Å². The van der Waals surface area contributed by atoms with E-state index >= 15 is 0 Å². The summed E-state index contributed by atoms with van der Waals surface area (Å²) in [6.07, 6.45) is -5.88. The van der Waals surface area contributed by atoms with Crippen LogP contribution in [0.1, 0.15) is 99.4 Å². The maximum Gasteiger partial charge on any atom is 0.338 e. The summed E-state index contributed by atoms with van der Waals surface area (Å²) in [4.78, 5) is 27.5. The average molecular weight is 775 g/mol. The van der Waals surface area contributed by atoms with Crippen LogP contribution in [0.25, 0.3) is 0 Å². The van der Waals surface area contributed by atoms with Crippen LogP contribution in [0.15, 0.2) is 41.5 Å². The van der Waals surface area contributed by atoms with Gasteiger partial charge in [-0.3, -0.25) is 4.79 Å². The predicted octanol–water partition coefficient (Wildman–Crippen LogP) is 6.93. The fourth-order valence-corrected chi connectivity index (χ4v) is 16.6. The predicted molar refractivity (Wildman–Crippen MR) is 208 cm³/mol. The average Bonchev–Trinajstić information content (AvgIpc) is 3.13. The summed E-state index contributed by atoms with van der Waals surface area (Å²) in [7, 11) is -4.69. The lowest BCUT2D eigenvalue weighted by atomic mass is 9.44. The summed E-state index contributed by atoms with van der Waals surface area (Å²) in [6.45, 7) is 21.6. The Labute approximate surface area is 319 Å². The van der Waals surface area contributed by atoms with E-state index in [-0.39, 0.29) is 13.0 Å². The van der Waals surface area contributed by atoms with Crippen LogP contribution < -0.4 is 0 Å². The van der Waals surface area contributed by atoms with Gasteiger partial charge in [0.25, 0.3) is 0 Å². The molecule has 4 aliphatic rings. The first-order valence-electron chi connectivity index (χ1n) is 20.1. The molecule has 53 heavy (non-hydrogen) atoms. The number of rotatable bonds is 13. The Kier molecular flexibility index (Phi) is 12.1. The number of benzene rings is 1. The van der Waals surface area contributed by atoms with Gasteiger partial charge in [0.15, 0.2) is 22.2 Å². The summed E-state index contributed by atoms with van der Waals surface area (Å²) in [5.41, 5.74) is -4.36. The molecule has 0 amide bonds. The molecule has 10 nitrogen and oxygen atoms in total. The number of ether oxygens (including phenoxy) is 3. The maximum absolute atomic E-state index is 14.4. The molecule has 1 aromatic rings. The number of hydrogen-bond acceptors (Lipinski definition) is 10. The lowest BCUT2D eigenvalue weighted by molar-refractivity contribution is -0.363. The Morgan fingerprint density at radius 2 is 1.43 bits per heavy atom. The highest BCUT2D eigenvalue weighted by Gasteiger charge is 2.78. The Morgan fingerprint density at radius 1 is 0.887 bits per heavy atom. The van der Waals surface area contributed by atoms with E-state index in [1.807, 2.05) is 33.8 Å². The standard InChI is InChI=1S/C41H66O10Si2/c1-12-52(13-2,14-3)50-29-24-41(46)36(48-37(45)28-21-19-18-20-22-28)34-39(11,35(44)33(43)32(26(29)7)38(41,9)10)30(51-53(15-4,16-5)17-6)23-31-40(34,25-47-31)49-27(8)42/h18-22,29-31,33-36,43-44,46H,12-17,23-25H2,1-11H3/t29-,30-,31+,33-,34-,35-,36-,39+,40-,41+/m0/s1. The van der Waals surface area contributed by atoms with E-state index in [1.54, 1.807) is 24.3 Å². The van der Waals surface area contributed by atoms with Gasteiger partial charge in [0.05, 0.1) is 36.4 Å². The molecule has 12 heteroatoms. The van der Waals surface area contributed by atoms with Gasteiger partial charge in [0.2, 0.25) is 0 Å². The molecule has 1 aliphatic heterocycles. The van der Waals surface area contributed by atoms with Crippen LogP contribution in [0.3, 0.4) is 0 Å². The summed E-state index contributed by atoms with van der Waals surface area (Å²) < 4.78 is 33.8. The molecular weight excluding hydrogens is 709 g/mol. The molecule has 0 spiro atoms. The van der Waals surface area contributed by atoms with Gasteiger partial charge in [-0.25, -0.2) is 4.79 Å². The molecule has 5 rings (SSSR count). The lowest BCUT2D eigenvalue weighted by Gasteiger charge is -2.70. The first-order valence-corrected chi connectivity index (χ1v) is 25.1. The first-order chi connectivity index (χ1) is 24.9. The number of fused-ring (bicyclic) bond motifs is 5. The zero-order valence-corrected chi connectivity index (χ0v) is 36.0. The molecule has 10 atom stereocenters. The zero-order valence-electron chi connectivity index (χ0n) is 34.0. The summed E-state index contributed by atoms with van der Waals surface area (Å²) in [5.74, 6) is -2.26. The van der Waals surface area contributed by atoms with E-state index < -0.39 is 93.1 Å². The van der Waals surface area contributed by atoms with E-state index in [2.05, 4.69) is 41.5 Å². The number of aliphatic hydroxyl groups excluding tert-OH is 2. The van der Waals surface area contributed by atoms with Gasteiger partial charge >= 0.3 is 11.9 Å². The van der Waals surface area contributed by atoms with E-state index in [9.17, 15) is 24.9 Å². The van der Waals surface area contributed by atoms with Crippen molar-refractivity contribution in [2.75, 3.05) is 6.61 Å². The van der Waals surface area contributed by atoms with Crippen LogP contribution >= 0.6 is 0 Å².